The van der Waals surface area contributed by atoms with Crippen molar-refractivity contribution in [2.45, 2.75) is 25.8 Å². The lowest BCUT2D eigenvalue weighted by molar-refractivity contribution is 0.527. The molecule has 1 N–H and O–H groups in total. The van der Waals surface area contributed by atoms with E-state index < -0.39 is 0 Å². The predicted octanol–water partition coefficient (Wildman–Crippen LogP) is 3.68. The van der Waals surface area contributed by atoms with Gasteiger partial charge in [-0.2, -0.15) is 4.52 Å². The molecule has 0 bridgehead atoms. The molecule has 1 aromatic carbocycles. The van der Waals surface area contributed by atoms with Gasteiger partial charge in [0.25, 0.3) is 0 Å². The monoisotopic (exact) mass is 390 g/mol. The maximum atomic E-state index is 6.14. The van der Waals surface area contributed by atoms with E-state index in [2.05, 4.69) is 27.3 Å². The van der Waals surface area contributed by atoms with E-state index >= 15 is 0 Å². The molecule has 1 aliphatic rings. The number of rotatable bonds is 3. The van der Waals surface area contributed by atoms with Crippen molar-refractivity contribution in [3.05, 3.63) is 40.4 Å². The van der Waals surface area contributed by atoms with Gasteiger partial charge in [-0.1, -0.05) is 30.1 Å². The molecule has 3 heterocycles. The molecule has 1 atom stereocenters. The van der Waals surface area contributed by atoms with Gasteiger partial charge < -0.3 is 10.2 Å². The molecule has 0 radical (unpaired) electrons. The van der Waals surface area contributed by atoms with E-state index in [1.165, 1.54) is 0 Å². The van der Waals surface area contributed by atoms with Crippen LogP contribution in [0, 0.1) is 0 Å². The summed E-state index contributed by atoms with van der Waals surface area (Å²) in [5.41, 5.74) is 1.49. The fourth-order valence-corrected chi connectivity index (χ4v) is 3.82. The number of nitrogens with zero attached hydrogens (tertiary/aromatic N) is 5. The van der Waals surface area contributed by atoms with Crippen molar-refractivity contribution in [3.63, 3.8) is 0 Å². The first-order valence-electron chi connectivity index (χ1n) is 8.81. The Labute approximate surface area is 162 Å². The van der Waals surface area contributed by atoms with Crippen molar-refractivity contribution in [2.24, 2.45) is 0 Å². The van der Waals surface area contributed by atoms with Crippen molar-refractivity contribution in [1.82, 2.24) is 25.1 Å². The number of fused-ring (bicyclic) bond motifs is 1. The maximum absolute atomic E-state index is 6.14. The van der Waals surface area contributed by atoms with Gasteiger partial charge in [0.1, 0.15) is 5.82 Å². The number of nitrogens with one attached hydrogen (secondary N) is 1. The van der Waals surface area contributed by atoms with Gasteiger partial charge in [-0.25, -0.2) is 0 Å². The summed E-state index contributed by atoms with van der Waals surface area (Å²) in [5.74, 6) is 1.56. The van der Waals surface area contributed by atoms with E-state index in [0.29, 0.717) is 27.6 Å². The largest absolute Gasteiger partial charge is 0.354 e. The Bertz CT molecular complexity index is 905. The molecular weight excluding hydrogens is 371 g/mol. The molecule has 136 valence electrons. The third-order valence-corrected chi connectivity index (χ3v) is 5.10. The van der Waals surface area contributed by atoms with Crippen LogP contribution in [0.5, 0.6) is 0 Å². The Hall–Kier alpha value is -1.89. The van der Waals surface area contributed by atoms with E-state index in [1.807, 2.05) is 24.3 Å². The molecule has 0 aliphatic carbocycles. The Morgan fingerprint density at radius 3 is 2.73 bits per heavy atom. The minimum atomic E-state index is 0.474. The molecule has 1 saturated heterocycles. The molecular formula is C18H20Cl2N6. The number of anilines is 1. The normalized spacial score (nSPS) is 18.3. The van der Waals surface area contributed by atoms with E-state index in [4.69, 9.17) is 28.3 Å². The van der Waals surface area contributed by atoms with Gasteiger partial charge in [0.15, 0.2) is 11.5 Å². The summed E-state index contributed by atoms with van der Waals surface area (Å²) in [7, 11) is 0. The fraction of sp³-hybridized carbons (Fsp3) is 0.389. The first-order chi connectivity index (χ1) is 12.6. The van der Waals surface area contributed by atoms with E-state index in [1.54, 1.807) is 10.6 Å². The molecule has 1 unspecified atom stereocenters. The molecule has 3 aromatic rings. The SMILES string of the molecule is CCC1CN(c2ccc3nnc(-c4cc(Cl)cc(Cl)c4)n3n2)CCCN1. The minimum Gasteiger partial charge on any atom is -0.354 e. The molecule has 1 fully saturated rings. The van der Waals surface area contributed by atoms with Gasteiger partial charge >= 0.3 is 0 Å². The lowest BCUT2D eigenvalue weighted by Gasteiger charge is -2.24. The standard InChI is InChI=1S/C18H20Cl2N6/c1-2-15-11-25(7-3-6-21-15)17-5-4-16-22-23-18(26(16)24-17)12-8-13(19)10-14(20)9-12/h4-5,8-10,15,21H,2-3,6-7,11H2,1H3. The molecule has 26 heavy (non-hydrogen) atoms. The van der Waals surface area contributed by atoms with Crippen LogP contribution in [-0.2, 0) is 0 Å². The average molecular weight is 391 g/mol. The summed E-state index contributed by atoms with van der Waals surface area (Å²) in [6.07, 6.45) is 2.19. The van der Waals surface area contributed by atoms with Crippen molar-refractivity contribution in [1.29, 1.82) is 0 Å². The van der Waals surface area contributed by atoms with Crippen LogP contribution in [0.15, 0.2) is 30.3 Å². The van der Waals surface area contributed by atoms with Crippen LogP contribution in [0.3, 0.4) is 0 Å². The summed E-state index contributed by atoms with van der Waals surface area (Å²) in [5, 5.41) is 18.0. The predicted molar refractivity (Wildman–Crippen MR) is 105 cm³/mol. The number of aromatic nitrogens is 4. The van der Waals surface area contributed by atoms with Gasteiger partial charge in [-0.3, -0.25) is 0 Å². The summed E-state index contributed by atoms with van der Waals surface area (Å²) in [6, 6.07) is 9.77. The topological polar surface area (TPSA) is 58.4 Å². The quantitative estimate of drug-likeness (QED) is 0.738. The van der Waals surface area contributed by atoms with E-state index in [-0.39, 0.29) is 0 Å². The molecule has 0 amide bonds. The molecule has 4 rings (SSSR count). The van der Waals surface area contributed by atoms with Crippen LogP contribution >= 0.6 is 23.2 Å². The zero-order valence-electron chi connectivity index (χ0n) is 14.5. The Morgan fingerprint density at radius 1 is 1.15 bits per heavy atom. The van der Waals surface area contributed by atoms with Crippen LogP contribution in [-0.4, -0.2) is 45.5 Å². The Kier molecular flexibility index (Phi) is 4.98. The lowest BCUT2D eigenvalue weighted by atomic mass is 10.2. The highest BCUT2D eigenvalue weighted by molar-refractivity contribution is 6.35. The van der Waals surface area contributed by atoms with Gasteiger partial charge in [0, 0.05) is 34.7 Å². The average Bonchev–Trinajstić information content (AvgIpc) is 2.89. The fourth-order valence-electron chi connectivity index (χ4n) is 3.29. The molecule has 0 spiro atoms. The van der Waals surface area contributed by atoms with Gasteiger partial charge in [-0.05, 0) is 49.7 Å². The smallest absolute Gasteiger partial charge is 0.185 e. The van der Waals surface area contributed by atoms with Crippen molar-refractivity contribution >= 4 is 34.7 Å². The zero-order chi connectivity index (χ0) is 18.1. The number of halogens is 2. The first-order valence-corrected chi connectivity index (χ1v) is 9.57. The van der Waals surface area contributed by atoms with E-state index in [9.17, 15) is 0 Å². The molecule has 2 aromatic heterocycles. The van der Waals surface area contributed by atoms with Gasteiger partial charge in [0.05, 0.1) is 0 Å². The maximum Gasteiger partial charge on any atom is 0.185 e. The second kappa shape index (κ2) is 7.39. The summed E-state index contributed by atoms with van der Waals surface area (Å²) >= 11 is 12.3. The molecule has 8 heteroatoms. The highest BCUT2D eigenvalue weighted by Crippen LogP contribution is 2.27. The minimum absolute atomic E-state index is 0.474. The first kappa shape index (κ1) is 17.5. The van der Waals surface area contributed by atoms with E-state index in [0.717, 1.165) is 43.9 Å². The van der Waals surface area contributed by atoms with Crippen molar-refractivity contribution in [3.8, 4) is 11.4 Å². The number of hydrogen-bond donors (Lipinski definition) is 1. The van der Waals surface area contributed by atoms with Crippen LogP contribution in [0.4, 0.5) is 5.82 Å². The zero-order valence-corrected chi connectivity index (χ0v) is 16.0. The number of hydrogen-bond acceptors (Lipinski definition) is 5. The Balaban J connectivity index is 1.74. The summed E-state index contributed by atoms with van der Waals surface area (Å²) in [6.45, 7) is 5.16. The second-order valence-electron chi connectivity index (χ2n) is 6.50. The highest BCUT2D eigenvalue weighted by atomic mass is 35.5. The Morgan fingerprint density at radius 2 is 1.96 bits per heavy atom. The van der Waals surface area contributed by atoms with Crippen LogP contribution < -0.4 is 10.2 Å². The van der Waals surface area contributed by atoms with Gasteiger partial charge in [-0.15, -0.1) is 15.3 Å². The van der Waals surface area contributed by atoms with Crippen LogP contribution in [0.1, 0.15) is 19.8 Å². The van der Waals surface area contributed by atoms with Crippen molar-refractivity contribution < 1.29 is 0 Å². The third kappa shape index (κ3) is 3.49. The molecule has 6 nitrogen and oxygen atoms in total. The lowest BCUT2D eigenvalue weighted by Crippen LogP contribution is -2.37. The molecule has 1 aliphatic heterocycles. The van der Waals surface area contributed by atoms with Crippen LogP contribution in [0.2, 0.25) is 10.0 Å². The summed E-state index contributed by atoms with van der Waals surface area (Å²) < 4.78 is 1.76. The second-order valence-corrected chi connectivity index (χ2v) is 7.38. The number of benzene rings is 1. The highest BCUT2D eigenvalue weighted by Gasteiger charge is 2.19. The van der Waals surface area contributed by atoms with Crippen molar-refractivity contribution in [2.75, 3.05) is 24.5 Å². The third-order valence-electron chi connectivity index (χ3n) is 4.66. The summed E-state index contributed by atoms with van der Waals surface area (Å²) in [4.78, 5) is 2.32. The molecule has 0 saturated carbocycles. The van der Waals surface area contributed by atoms with Crippen LogP contribution in [0.25, 0.3) is 17.0 Å². The van der Waals surface area contributed by atoms with Gasteiger partial charge in [0.2, 0.25) is 0 Å².